The van der Waals surface area contributed by atoms with Gasteiger partial charge in [0.05, 0.1) is 46.3 Å². The zero-order valence-electron chi connectivity index (χ0n) is 24.3. The second kappa shape index (κ2) is 13.6. The zero-order valence-corrected chi connectivity index (χ0v) is 26.6. The fourth-order valence-electron chi connectivity index (χ4n) is 4.85. The summed E-state index contributed by atoms with van der Waals surface area (Å²) in [6.45, 7) is 0.609. The molecule has 2 saturated carbocycles. The molecule has 6 rings (SSSR count). The molecule has 0 spiro atoms. The minimum Gasteiger partial charge on any atom is -0.489 e. The lowest BCUT2D eigenvalue weighted by atomic mass is 10.0. The molecule has 7 nitrogen and oxygen atoms in total. The third kappa shape index (κ3) is 7.65. The maximum absolute atomic E-state index is 12.3. The highest BCUT2D eigenvalue weighted by Gasteiger charge is 2.33. The van der Waals surface area contributed by atoms with Gasteiger partial charge in [0.2, 0.25) is 0 Å². The number of carbonyl (C=O) groups excluding carboxylic acids is 2. The van der Waals surface area contributed by atoms with Gasteiger partial charge in [-0.2, -0.15) is 0 Å². The maximum atomic E-state index is 12.3. The number of nitrogens with zero attached hydrogens (tertiary/aromatic N) is 1. The van der Waals surface area contributed by atoms with Crippen LogP contribution < -0.4 is 4.74 Å². The summed E-state index contributed by atoms with van der Waals surface area (Å²) in [7, 11) is 1.30. The van der Waals surface area contributed by atoms with E-state index in [0.717, 1.165) is 37.0 Å². The van der Waals surface area contributed by atoms with Crippen LogP contribution in [0.3, 0.4) is 0 Å². The summed E-state index contributed by atoms with van der Waals surface area (Å²) in [6.07, 6.45) is 4.24. The van der Waals surface area contributed by atoms with E-state index in [-0.39, 0.29) is 19.0 Å². The van der Waals surface area contributed by atoms with Crippen LogP contribution in [-0.2, 0) is 27.3 Å². The lowest BCUT2D eigenvalue weighted by Crippen LogP contribution is -2.11. The Labute approximate surface area is 275 Å². The number of rotatable bonds is 10. The highest BCUT2D eigenvalue weighted by Crippen LogP contribution is 2.46. The molecule has 0 unspecified atom stereocenters. The van der Waals surface area contributed by atoms with E-state index < -0.39 is 5.97 Å². The van der Waals surface area contributed by atoms with Gasteiger partial charge < -0.3 is 18.7 Å². The third-order valence-electron chi connectivity index (χ3n) is 7.57. The predicted octanol–water partition coefficient (Wildman–Crippen LogP) is 8.44. The van der Waals surface area contributed by atoms with Crippen LogP contribution in [0.5, 0.6) is 5.75 Å². The zero-order chi connectivity index (χ0) is 31.5. The lowest BCUT2D eigenvalue weighted by Gasteiger charge is -2.10. The lowest BCUT2D eigenvalue weighted by molar-refractivity contribution is -0.143. The van der Waals surface area contributed by atoms with Crippen molar-refractivity contribution in [2.45, 2.75) is 44.6 Å². The molecule has 0 bridgehead atoms. The first-order valence-corrected chi connectivity index (χ1v) is 15.7. The third-order valence-corrected chi connectivity index (χ3v) is 8.51. The smallest absolute Gasteiger partial charge is 0.337 e. The van der Waals surface area contributed by atoms with Crippen molar-refractivity contribution in [3.63, 3.8) is 0 Å². The predicted molar refractivity (Wildman–Crippen MR) is 171 cm³/mol. The van der Waals surface area contributed by atoms with Gasteiger partial charge in [0.15, 0.2) is 0 Å². The normalized spacial score (nSPS) is 14.0. The van der Waals surface area contributed by atoms with Gasteiger partial charge in [-0.3, -0.25) is 4.79 Å². The number of carbonyl (C=O) groups is 2. The van der Waals surface area contributed by atoms with E-state index in [2.05, 4.69) is 17.0 Å². The fourth-order valence-corrected chi connectivity index (χ4v) is 5.64. The first kappa shape index (κ1) is 31.0. The van der Waals surface area contributed by atoms with E-state index in [9.17, 15) is 9.59 Å². The number of halogens is 3. The van der Waals surface area contributed by atoms with Crippen molar-refractivity contribution >= 4 is 46.7 Å². The van der Waals surface area contributed by atoms with Crippen LogP contribution in [0, 0.1) is 17.8 Å². The maximum Gasteiger partial charge on any atom is 0.337 e. The molecule has 10 heteroatoms. The van der Waals surface area contributed by atoms with Crippen LogP contribution in [0.15, 0.2) is 59.1 Å². The van der Waals surface area contributed by atoms with Crippen LogP contribution >= 0.6 is 34.8 Å². The highest BCUT2D eigenvalue weighted by molar-refractivity contribution is 6.39. The Balaban J connectivity index is 1.19. The molecule has 2 fully saturated rings. The molecule has 45 heavy (non-hydrogen) atoms. The first-order valence-electron chi connectivity index (χ1n) is 14.5. The molecule has 4 aromatic rings. The Morgan fingerprint density at radius 1 is 0.956 bits per heavy atom. The number of methoxy groups -OCH3 is 1. The Morgan fingerprint density at radius 2 is 1.73 bits per heavy atom. The van der Waals surface area contributed by atoms with Crippen molar-refractivity contribution in [3.05, 3.63) is 103 Å². The molecule has 1 heterocycles. The Kier molecular flexibility index (Phi) is 9.37. The van der Waals surface area contributed by atoms with E-state index in [1.165, 1.54) is 7.11 Å². The molecule has 0 aliphatic heterocycles. The van der Waals surface area contributed by atoms with E-state index in [4.69, 9.17) is 53.5 Å². The standard InChI is InChI=1S/C35H28Cl3NO6/c1-42-35(41)25-14-21(13-22(15-25)16-31(40)44-18-20-5-6-20)7-8-23-11-12-26(17-30(23)38)43-19-27-33(39-45-34(27)24-9-10-24)32-28(36)3-2-4-29(32)37/h2-4,11-15,17,20,24H,5-6,9-10,16,18-19H2,1H3. The molecule has 0 amide bonds. The summed E-state index contributed by atoms with van der Waals surface area (Å²) in [4.78, 5) is 24.6. The molecule has 0 radical (unpaired) electrons. The molecule has 0 saturated heterocycles. The van der Waals surface area contributed by atoms with Crippen LogP contribution in [0.2, 0.25) is 15.1 Å². The van der Waals surface area contributed by atoms with E-state index >= 15 is 0 Å². The minimum atomic E-state index is -0.525. The van der Waals surface area contributed by atoms with Crippen molar-refractivity contribution in [3.8, 4) is 28.8 Å². The molecule has 3 aromatic carbocycles. The SMILES string of the molecule is COC(=O)c1cc(C#Cc2ccc(OCc3c(-c4c(Cl)cccc4Cl)noc3C3CC3)cc2Cl)cc(CC(=O)OCC2CC2)c1. The van der Waals surface area contributed by atoms with Crippen molar-refractivity contribution in [1.29, 1.82) is 0 Å². The fraction of sp³-hybridized carbons (Fsp3) is 0.286. The first-order chi connectivity index (χ1) is 21.8. The van der Waals surface area contributed by atoms with Gasteiger partial charge in [0, 0.05) is 28.7 Å². The van der Waals surface area contributed by atoms with Crippen LogP contribution in [0.25, 0.3) is 11.3 Å². The second-order valence-corrected chi connectivity index (χ2v) is 12.4. The molecule has 0 atom stereocenters. The Bertz CT molecular complexity index is 1810. The Hall–Kier alpha value is -3.96. The molecule has 230 valence electrons. The van der Waals surface area contributed by atoms with Crippen molar-refractivity contribution in [2.75, 3.05) is 13.7 Å². The van der Waals surface area contributed by atoms with Crippen molar-refractivity contribution < 1.29 is 28.3 Å². The molecular weight excluding hydrogens is 637 g/mol. The summed E-state index contributed by atoms with van der Waals surface area (Å²) < 4.78 is 22.1. The molecule has 2 aliphatic carbocycles. The summed E-state index contributed by atoms with van der Waals surface area (Å²) in [6, 6.07) is 15.5. The Morgan fingerprint density at radius 3 is 2.42 bits per heavy atom. The van der Waals surface area contributed by atoms with Gasteiger partial charge >= 0.3 is 11.9 Å². The van der Waals surface area contributed by atoms with Gasteiger partial charge in [-0.25, -0.2) is 4.79 Å². The number of esters is 2. The average molecular weight is 665 g/mol. The van der Waals surface area contributed by atoms with E-state index in [1.54, 1.807) is 54.6 Å². The average Bonchev–Trinajstić information content (AvgIpc) is 3.97. The van der Waals surface area contributed by atoms with Gasteiger partial charge in [0.25, 0.3) is 0 Å². The number of benzene rings is 3. The van der Waals surface area contributed by atoms with Gasteiger partial charge in [0.1, 0.15) is 23.8 Å². The quantitative estimate of drug-likeness (QED) is 0.124. The van der Waals surface area contributed by atoms with Crippen molar-refractivity contribution in [1.82, 2.24) is 5.16 Å². The summed E-state index contributed by atoms with van der Waals surface area (Å²) >= 11 is 19.6. The number of hydrogen-bond donors (Lipinski definition) is 0. The molecular formula is C35H28Cl3NO6. The van der Waals surface area contributed by atoms with Crippen LogP contribution in [0.4, 0.5) is 0 Å². The van der Waals surface area contributed by atoms with Gasteiger partial charge in [-0.1, -0.05) is 57.9 Å². The summed E-state index contributed by atoms with van der Waals surface area (Å²) in [5, 5.41) is 5.64. The largest absolute Gasteiger partial charge is 0.489 e. The molecule has 2 aliphatic rings. The van der Waals surface area contributed by atoms with Crippen LogP contribution in [-0.4, -0.2) is 30.8 Å². The molecule has 0 N–H and O–H groups in total. The summed E-state index contributed by atoms with van der Waals surface area (Å²) in [5.41, 5.74) is 3.95. The van der Waals surface area contributed by atoms with Gasteiger partial charge in [-0.15, -0.1) is 0 Å². The topological polar surface area (TPSA) is 87.9 Å². The number of aromatic nitrogens is 1. The second-order valence-electron chi connectivity index (χ2n) is 11.1. The minimum absolute atomic E-state index is 0.0259. The van der Waals surface area contributed by atoms with Gasteiger partial charge in [-0.05, 0) is 79.6 Å². The van der Waals surface area contributed by atoms with E-state index in [1.807, 2.05) is 0 Å². The van der Waals surface area contributed by atoms with Crippen LogP contribution in [0.1, 0.15) is 70.0 Å². The highest BCUT2D eigenvalue weighted by atomic mass is 35.5. The number of ether oxygens (including phenoxy) is 3. The monoisotopic (exact) mass is 663 g/mol. The van der Waals surface area contributed by atoms with E-state index in [0.29, 0.717) is 72.8 Å². The van der Waals surface area contributed by atoms with Crippen molar-refractivity contribution in [2.24, 2.45) is 5.92 Å². The molecule has 1 aromatic heterocycles. The number of hydrogen-bond acceptors (Lipinski definition) is 7. The summed E-state index contributed by atoms with van der Waals surface area (Å²) in [5.74, 6) is 7.30.